The van der Waals surface area contributed by atoms with E-state index in [9.17, 15) is 9.59 Å². The monoisotopic (exact) mass is 320 g/mol. The zero-order chi connectivity index (χ0) is 16.4. The van der Waals surface area contributed by atoms with E-state index in [2.05, 4.69) is 5.10 Å². The van der Waals surface area contributed by atoms with Crippen molar-refractivity contribution < 1.29 is 14.3 Å². The topological polar surface area (TPSA) is 67.7 Å². The molecule has 0 aliphatic carbocycles. The molecule has 2 aliphatic rings. The Morgan fingerprint density at radius 2 is 2.22 bits per heavy atom. The third kappa shape index (κ3) is 2.85. The molecule has 2 aliphatic heterocycles. The van der Waals surface area contributed by atoms with Gasteiger partial charge in [-0.3, -0.25) is 14.3 Å². The Kier molecular flexibility index (Phi) is 4.39. The van der Waals surface area contributed by atoms with Crippen LogP contribution in [-0.2, 0) is 16.1 Å². The lowest BCUT2D eigenvalue weighted by Gasteiger charge is -2.42. The van der Waals surface area contributed by atoms with Gasteiger partial charge in [0.25, 0.3) is 11.8 Å². The van der Waals surface area contributed by atoms with Crippen LogP contribution in [0.4, 0.5) is 0 Å². The fourth-order valence-electron chi connectivity index (χ4n) is 3.48. The summed E-state index contributed by atoms with van der Waals surface area (Å²) in [4.78, 5) is 29.0. The predicted octanol–water partition coefficient (Wildman–Crippen LogP) is 0.757. The molecule has 1 aromatic heterocycles. The van der Waals surface area contributed by atoms with Crippen molar-refractivity contribution in [2.24, 2.45) is 0 Å². The maximum Gasteiger partial charge on any atom is 0.272 e. The number of amides is 2. The third-order valence-corrected chi connectivity index (χ3v) is 4.77. The number of rotatable bonds is 2. The number of aromatic nitrogens is 2. The SMILES string of the molecule is CCn1nccc1C(=O)N1CCOC2(CCCCN(C)C2=O)C1. The lowest BCUT2D eigenvalue weighted by molar-refractivity contribution is -0.166. The number of carbonyl (C=O) groups excluding carboxylic acids is 2. The van der Waals surface area contributed by atoms with E-state index in [1.54, 1.807) is 26.7 Å². The van der Waals surface area contributed by atoms with E-state index in [-0.39, 0.29) is 11.8 Å². The van der Waals surface area contributed by atoms with Gasteiger partial charge in [0.15, 0.2) is 5.60 Å². The average Bonchev–Trinajstić information content (AvgIpc) is 3.01. The van der Waals surface area contributed by atoms with Gasteiger partial charge in [-0.05, 0) is 32.3 Å². The Morgan fingerprint density at radius 1 is 1.39 bits per heavy atom. The van der Waals surface area contributed by atoms with Crippen LogP contribution >= 0.6 is 0 Å². The first-order valence-electron chi connectivity index (χ1n) is 8.28. The number of likely N-dealkylation sites (tertiary alicyclic amines) is 1. The summed E-state index contributed by atoms with van der Waals surface area (Å²) in [6, 6.07) is 1.73. The van der Waals surface area contributed by atoms with Crippen molar-refractivity contribution in [3.05, 3.63) is 18.0 Å². The van der Waals surface area contributed by atoms with Crippen molar-refractivity contribution in [2.45, 2.75) is 38.3 Å². The molecule has 7 nitrogen and oxygen atoms in total. The van der Waals surface area contributed by atoms with E-state index >= 15 is 0 Å². The minimum absolute atomic E-state index is 0.00324. The highest BCUT2D eigenvalue weighted by molar-refractivity contribution is 5.94. The van der Waals surface area contributed by atoms with E-state index in [0.29, 0.717) is 38.4 Å². The lowest BCUT2D eigenvalue weighted by atomic mass is 9.94. The number of nitrogens with zero attached hydrogens (tertiary/aromatic N) is 4. The van der Waals surface area contributed by atoms with Crippen LogP contribution in [0.2, 0.25) is 0 Å². The molecule has 0 aromatic carbocycles. The van der Waals surface area contributed by atoms with Gasteiger partial charge >= 0.3 is 0 Å². The Balaban J connectivity index is 1.82. The first kappa shape index (κ1) is 16.0. The summed E-state index contributed by atoms with van der Waals surface area (Å²) in [5.41, 5.74) is -0.310. The normalized spacial score (nSPS) is 25.7. The van der Waals surface area contributed by atoms with Gasteiger partial charge < -0.3 is 14.5 Å². The van der Waals surface area contributed by atoms with Gasteiger partial charge in [-0.2, -0.15) is 5.10 Å². The molecule has 1 aromatic rings. The predicted molar refractivity (Wildman–Crippen MR) is 84.0 cm³/mol. The highest BCUT2D eigenvalue weighted by atomic mass is 16.5. The minimum Gasteiger partial charge on any atom is -0.361 e. The molecule has 2 amide bonds. The Bertz CT molecular complexity index is 600. The van der Waals surface area contributed by atoms with Gasteiger partial charge in [0.05, 0.1) is 13.2 Å². The summed E-state index contributed by atoms with van der Waals surface area (Å²) < 4.78 is 7.60. The van der Waals surface area contributed by atoms with Crippen molar-refractivity contribution in [3.63, 3.8) is 0 Å². The molecule has 7 heteroatoms. The first-order valence-corrected chi connectivity index (χ1v) is 8.28. The van der Waals surface area contributed by atoms with Gasteiger partial charge in [-0.1, -0.05) is 0 Å². The molecular weight excluding hydrogens is 296 g/mol. The fourth-order valence-corrected chi connectivity index (χ4v) is 3.48. The molecule has 2 saturated heterocycles. The second kappa shape index (κ2) is 6.31. The maximum absolute atomic E-state index is 12.8. The smallest absolute Gasteiger partial charge is 0.272 e. The van der Waals surface area contributed by atoms with E-state index in [0.717, 1.165) is 19.4 Å². The van der Waals surface area contributed by atoms with Crippen LogP contribution in [0.3, 0.4) is 0 Å². The summed E-state index contributed by atoms with van der Waals surface area (Å²) in [6.45, 7) is 4.57. The minimum atomic E-state index is -0.879. The molecule has 1 unspecified atom stereocenters. The molecule has 1 spiro atoms. The summed E-state index contributed by atoms with van der Waals surface area (Å²) in [5.74, 6) is -0.0803. The molecule has 0 radical (unpaired) electrons. The largest absolute Gasteiger partial charge is 0.361 e. The van der Waals surface area contributed by atoms with Gasteiger partial charge in [-0.15, -0.1) is 0 Å². The Hall–Kier alpha value is -1.89. The number of hydrogen-bond acceptors (Lipinski definition) is 4. The Labute approximate surface area is 136 Å². The summed E-state index contributed by atoms with van der Waals surface area (Å²) in [5, 5.41) is 4.16. The fraction of sp³-hybridized carbons (Fsp3) is 0.688. The van der Waals surface area contributed by atoms with Gasteiger partial charge in [0.2, 0.25) is 0 Å². The van der Waals surface area contributed by atoms with Crippen LogP contribution in [-0.4, -0.2) is 70.3 Å². The molecule has 0 N–H and O–H groups in total. The standard InChI is InChI=1S/C16H24N4O3/c1-3-20-13(6-8-17-20)14(21)19-10-11-23-16(12-19)7-4-5-9-18(2)15(16)22/h6,8H,3-5,7,9-12H2,1-2H3. The summed E-state index contributed by atoms with van der Waals surface area (Å²) in [7, 11) is 1.81. The molecule has 2 fully saturated rings. The van der Waals surface area contributed by atoms with E-state index in [4.69, 9.17) is 4.74 Å². The van der Waals surface area contributed by atoms with Crippen LogP contribution in [0.15, 0.2) is 12.3 Å². The molecule has 0 saturated carbocycles. The number of aryl methyl sites for hydroxylation is 1. The van der Waals surface area contributed by atoms with E-state index < -0.39 is 5.60 Å². The highest BCUT2D eigenvalue weighted by Gasteiger charge is 2.47. The zero-order valence-corrected chi connectivity index (χ0v) is 13.8. The number of ether oxygens (including phenoxy) is 1. The second-order valence-electron chi connectivity index (χ2n) is 6.29. The van der Waals surface area contributed by atoms with Crippen molar-refractivity contribution >= 4 is 11.8 Å². The zero-order valence-electron chi connectivity index (χ0n) is 13.8. The van der Waals surface area contributed by atoms with Crippen LogP contribution in [0, 0.1) is 0 Å². The maximum atomic E-state index is 12.8. The quantitative estimate of drug-likeness (QED) is 0.807. The van der Waals surface area contributed by atoms with Gasteiger partial charge in [0, 0.05) is 32.9 Å². The molecular formula is C16H24N4O3. The van der Waals surface area contributed by atoms with Crippen molar-refractivity contribution in [3.8, 4) is 0 Å². The summed E-state index contributed by atoms with van der Waals surface area (Å²) >= 11 is 0. The second-order valence-corrected chi connectivity index (χ2v) is 6.29. The number of morpholine rings is 1. The first-order chi connectivity index (χ1) is 11.1. The molecule has 3 heterocycles. The van der Waals surface area contributed by atoms with Crippen molar-refractivity contribution in [1.82, 2.24) is 19.6 Å². The van der Waals surface area contributed by atoms with Crippen molar-refractivity contribution in [2.75, 3.05) is 33.3 Å². The molecule has 0 bridgehead atoms. The number of carbonyl (C=O) groups is 2. The Morgan fingerprint density at radius 3 is 3.00 bits per heavy atom. The van der Waals surface area contributed by atoms with E-state index in [1.807, 2.05) is 14.0 Å². The molecule has 3 rings (SSSR count). The molecule has 23 heavy (non-hydrogen) atoms. The average molecular weight is 320 g/mol. The van der Waals surface area contributed by atoms with E-state index in [1.165, 1.54) is 0 Å². The molecule has 126 valence electrons. The number of likely N-dealkylation sites (N-methyl/N-ethyl adjacent to an activating group) is 1. The number of hydrogen-bond donors (Lipinski definition) is 0. The van der Waals surface area contributed by atoms with Crippen LogP contribution < -0.4 is 0 Å². The van der Waals surface area contributed by atoms with Crippen LogP contribution in [0.1, 0.15) is 36.7 Å². The van der Waals surface area contributed by atoms with Gasteiger partial charge in [-0.25, -0.2) is 0 Å². The van der Waals surface area contributed by atoms with Crippen molar-refractivity contribution in [1.29, 1.82) is 0 Å². The summed E-state index contributed by atoms with van der Waals surface area (Å²) in [6.07, 6.45) is 4.22. The van der Waals surface area contributed by atoms with Crippen LogP contribution in [0.25, 0.3) is 0 Å². The highest BCUT2D eigenvalue weighted by Crippen LogP contribution is 2.29. The lowest BCUT2D eigenvalue weighted by Crippen LogP contribution is -2.60. The van der Waals surface area contributed by atoms with Crippen LogP contribution in [0.5, 0.6) is 0 Å². The third-order valence-electron chi connectivity index (χ3n) is 4.77. The molecule has 1 atom stereocenters. The van der Waals surface area contributed by atoms with Gasteiger partial charge in [0.1, 0.15) is 5.69 Å².